The molecule has 0 unspecified atom stereocenters. The van der Waals surface area contributed by atoms with Crippen LogP contribution in [0.1, 0.15) is 65.2 Å². The fourth-order valence-corrected chi connectivity index (χ4v) is 2.76. The van der Waals surface area contributed by atoms with E-state index in [9.17, 15) is 9.59 Å². The van der Waals surface area contributed by atoms with Crippen molar-refractivity contribution in [3.8, 4) is 0 Å². The summed E-state index contributed by atoms with van der Waals surface area (Å²) in [5.41, 5.74) is 0. The lowest BCUT2D eigenvalue weighted by molar-refractivity contribution is -0.145. The van der Waals surface area contributed by atoms with E-state index in [1.54, 1.807) is 0 Å². The Morgan fingerprint density at radius 1 is 0.625 bits per heavy atom. The topological polar surface area (TPSA) is 71.1 Å². The molecule has 0 N–H and O–H groups in total. The van der Waals surface area contributed by atoms with E-state index in [1.807, 2.05) is 0 Å². The van der Waals surface area contributed by atoms with Crippen LogP contribution in [0.15, 0.2) is 11.5 Å². The second kappa shape index (κ2) is 9.64. The smallest absolute Gasteiger partial charge is 0.518 e. The Kier molecular flexibility index (Phi) is 7.53. The maximum Gasteiger partial charge on any atom is 0.597 e. The first-order valence-corrected chi connectivity index (χ1v) is 9.15. The molecule has 2 aliphatic heterocycles. The van der Waals surface area contributed by atoms with E-state index in [1.165, 1.54) is 0 Å². The summed E-state index contributed by atoms with van der Waals surface area (Å²) in [6, 6.07) is 0. The van der Waals surface area contributed by atoms with Crippen LogP contribution in [-0.4, -0.2) is 26.2 Å². The number of carbonyl (C=O) groups is 2. The lowest BCUT2D eigenvalue weighted by Crippen LogP contribution is -2.43. The summed E-state index contributed by atoms with van der Waals surface area (Å²) in [6.07, 6.45) is 9.47. The molecule has 0 aromatic carbocycles. The molecule has 0 aliphatic carbocycles. The molecule has 132 valence electrons. The van der Waals surface area contributed by atoms with Crippen molar-refractivity contribution in [1.29, 1.82) is 0 Å². The molecule has 0 aromatic heterocycles. The maximum absolute atomic E-state index is 12.1. The summed E-state index contributed by atoms with van der Waals surface area (Å²) >= 11 is 0. The summed E-state index contributed by atoms with van der Waals surface area (Å²) < 4.78 is 21.4. The van der Waals surface area contributed by atoms with E-state index >= 15 is 0 Å². The van der Waals surface area contributed by atoms with Gasteiger partial charge in [-0.3, -0.25) is 0 Å². The van der Waals surface area contributed by atoms with Gasteiger partial charge in [0.15, 0.2) is 0 Å². The zero-order valence-electron chi connectivity index (χ0n) is 14.7. The number of rotatable bonds is 10. The largest absolute Gasteiger partial charge is 0.597 e. The monoisotopic (exact) mass is 336 g/mol. The van der Waals surface area contributed by atoms with Gasteiger partial charge in [-0.1, -0.05) is 65.2 Å². The van der Waals surface area contributed by atoms with E-state index in [-0.39, 0.29) is 11.5 Å². The van der Waals surface area contributed by atoms with E-state index < -0.39 is 26.2 Å². The molecule has 8 heteroatoms. The minimum Gasteiger partial charge on any atom is -0.518 e. The zero-order valence-corrected chi connectivity index (χ0v) is 14.7. The lowest BCUT2D eigenvalue weighted by Gasteiger charge is -2.30. The Balaban J connectivity index is 1.87. The van der Waals surface area contributed by atoms with Crippen molar-refractivity contribution >= 4 is 26.2 Å². The van der Waals surface area contributed by atoms with Crippen LogP contribution in [0.25, 0.3) is 0 Å². The molecule has 0 saturated heterocycles. The molecule has 0 bridgehead atoms. The van der Waals surface area contributed by atoms with E-state index in [0.717, 1.165) is 51.4 Å². The molecular weight excluding hydrogens is 310 g/mol. The highest BCUT2D eigenvalue weighted by Gasteiger charge is 2.46. The van der Waals surface area contributed by atoms with Crippen LogP contribution < -0.4 is 0 Å². The SMILES string of the molecule is CCCCCCB1OC(=O)C2=C(O1)C(=O)OB(CCCCCC)O2. The van der Waals surface area contributed by atoms with E-state index in [0.29, 0.717) is 12.6 Å². The molecule has 0 saturated carbocycles. The van der Waals surface area contributed by atoms with Gasteiger partial charge in [-0.2, -0.15) is 0 Å². The van der Waals surface area contributed by atoms with Gasteiger partial charge in [0, 0.05) is 12.6 Å². The zero-order chi connectivity index (χ0) is 17.4. The Morgan fingerprint density at radius 2 is 1.04 bits per heavy atom. The first-order valence-electron chi connectivity index (χ1n) is 9.15. The molecule has 0 spiro atoms. The van der Waals surface area contributed by atoms with Gasteiger partial charge >= 0.3 is 26.2 Å². The Morgan fingerprint density at radius 3 is 1.42 bits per heavy atom. The Hall–Kier alpha value is -1.59. The van der Waals surface area contributed by atoms with Crippen molar-refractivity contribution in [2.45, 2.75) is 77.9 Å². The average molecular weight is 336 g/mol. The molecule has 0 amide bonds. The van der Waals surface area contributed by atoms with Gasteiger partial charge in [0.05, 0.1) is 0 Å². The van der Waals surface area contributed by atoms with Gasteiger partial charge in [0.1, 0.15) is 0 Å². The van der Waals surface area contributed by atoms with Gasteiger partial charge in [-0.15, -0.1) is 0 Å². The highest BCUT2D eigenvalue weighted by atomic mass is 16.7. The molecule has 0 fully saturated rings. The van der Waals surface area contributed by atoms with Crippen molar-refractivity contribution < 1.29 is 28.2 Å². The standard InChI is InChI=1S/C16H26B2O6/c1-3-5-7-9-11-17-21-13-14(15(19)23-17)22-18(24-16(13)20)12-10-8-6-4-2/h3-12H2,1-2H3. The third kappa shape index (κ3) is 5.21. The quantitative estimate of drug-likeness (QED) is 0.449. The normalized spacial score (nSPS) is 17.1. The number of carbonyl (C=O) groups excluding carboxylic acids is 2. The molecule has 2 heterocycles. The molecule has 6 nitrogen and oxygen atoms in total. The van der Waals surface area contributed by atoms with Crippen LogP contribution in [0.4, 0.5) is 0 Å². The van der Waals surface area contributed by atoms with Crippen molar-refractivity contribution in [2.75, 3.05) is 0 Å². The minimum atomic E-state index is -0.731. The summed E-state index contributed by atoms with van der Waals surface area (Å²) in [6.45, 7) is 4.25. The first-order chi connectivity index (χ1) is 11.7. The summed E-state index contributed by atoms with van der Waals surface area (Å²) in [5.74, 6) is -1.55. The molecule has 2 aliphatic rings. The molecule has 2 rings (SSSR count). The van der Waals surface area contributed by atoms with Crippen molar-refractivity contribution in [2.24, 2.45) is 0 Å². The van der Waals surface area contributed by atoms with Crippen molar-refractivity contribution in [3.63, 3.8) is 0 Å². The van der Waals surface area contributed by atoms with Gasteiger partial charge in [-0.05, 0) is 0 Å². The van der Waals surface area contributed by atoms with Crippen LogP contribution in [0.2, 0.25) is 12.6 Å². The van der Waals surface area contributed by atoms with Crippen LogP contribution in [0.3, 0.4) is 0 Å². The highest BCUT2D eigenvalue weighted by molar-refractivity contribution is 6.52. The third-order valence-electron chi connectivity index (χ3n) is 4.14. The summed E-state index contributed by atoms with van der Waals surface area (Å²) in [5, 5.41) is 0. The molecule has 0 atom stereocenters. The van der Waals surface area contributed by atoms with Gasteiger partial charge in [0.2, 0.25) is 11.5 Å². The van der Waals surface area contributed by atoms with Crippen LogP contribution in [0.5, 0.6) is 0 Å². The predicted octanol–water partition coefficient (Wildman–Crippen LogP) is 3.48. The van der Waals surface area contributed by atoms with E-state index in [4.69, 9.17) is 18.6 Å². The van der Waals surface area contributed by atoms with E-state index in [2.05, 4.69) is 13.8 Å². The van der Waals surface area contributed by atoms with Gasteiger partial charge in [0.25, 0.3) is 0 Å². The summed E-state index contributed by atoms with van der Waals surface area (Å²) in [4.78, 5) is 24.2. The van der Waals surface area contributed by atoms with Gasteiger partial charge in [-0.25, -0.2) is 9.59 Å². The lowest BCUT2D eigenvalue weighted by atomic mass is 9.79. The number of hydrogen-bond donors (Lipinski definition) is 0. The average Bonchev–Trinajstić information content (AvgIpc) is 2.57. The number of unbranched alkanes of at least 4 members (excludes halogenated alkanes) is 6. The molecule has 0 aromatic rings. The van der Waals surface area contributed by atoms with Crippen LogP contribution in [0, 0.1) is 0 Å². The molecule has 24 heavy (non-hydrogen) atoms. The number of hydrogen-bond acceptors (Lipinski definition) is 6. The molecule has 0 radical (unpaired) electrons. The Bertz CT molecular complexity index is 437. The first kappa shape index (κ1) is 18.7. The Labute approximate surface area is 144 Å². The molecular formula is C16H26B2O6. The predicted molar refractivity (Wildman–Crippen MR) is 90.8 cm³/mol. The van der Waals surface area contributed by atoms with Gasteiger partial charge < -0.3 is 18.6 Å². The van der Waals surface area contributed by atoms with Crippen molar-refractivity contribution in [1.82, 2.24) is 0 Å². The fourth-order valence-electron chi connectivity index (χ4n) is 2.76. The van der Waals surface area contributed by atoms with Crippen LogP contribution >= 0.6 is 0 Å². The third-order valence-corrected chi connectivity index (χ3v) is 4.14. The maximum atomic E-state index is 12.1. The second-order valence-corrected chi connectivity index (χ2v) is 6.26. The second-order valence-electron chi connectivity index (χ2n) is 6.26. The van der Waals surface area contributed by atoms with Crippen LogP contribution in [-0.2, 0) is 28.2 Å². The van der Waals surface area contributed by atoms with Crippen molar-refractivity contribution in [3.05, 3.63) is 11.5 Å². The minimum absolute atomic E-state index is 0.142. The fraction of sp³-hybridized carbons (Fsp3) is 0.750. The summed E-state index contributed by atoms with van der Waals surface area (Å²) in [7, 11) is -1.46. The highest BCUT2D eigenvalue weighted by Crippen LogP contribution is 2.28.